The highest BCUT2D eigenvalue weighted by molar-refractivity contribution is 6.33. The summed E-state index contributed by atoms with van der Waals surface area (Å²) in [5.74, 6) is 0.104. The lowest BCUT2D eigenvalue weighted by atomic mass is 9.66. The third-order valence-electron chi connectivity index (χ3n) is 7.89. The van der Waals surface area contributed by atoms with Gasteiger partial charge in [0.1, 0.15) is 11.5 Å². The predicted molar refractivity (Wildman–Crippen MR) is 161 cm³/mol. The van der Waals surface area contributed by atoms with E-state index in [9.17, 15) is 9.90 Å². The van der Waals surface area contributed by atoms with Crippen LogP contribution >= 0.6 is 11.6 Å². The second-order valence-electron chi connectivity index (χ2n) is 10.4. The molecular weight excluding hydrogens is 538 g/mol. The maximum atomic E-state index is 12.7. The quantitative estimate of drug-likeness (QED) is 0.202. The van der Waals surface area contributed by atoms with E-state index >= 15 is 0 Å². The molecule has 1 fully saturated rings. The second-order valence-corrected chi connectivity index (χ2v) is 10.9. The zero-order valence-electron chi connectivity index (χ0n) is 23.3. The molecule has 1 N–H and O–H groups in total. The van der Waals surface area contributed by atoms with Gasteiger partial charge in [-0.05, 0) is 65.1 Å². The van der Waals surface area contributed by atoms with Gasteiger partial charge in [0.2, 0.25) is 0 Å². The number of carbonyl (C=O) groups is 1. The van der Waals surface area contributed by atoms with Crippen molar-refractivity contribution in [3.8, 4) is 11.5 Å². The van der Waals surface area contributed by atoms with Gasteiger partial charge in [-0.2, -0.15) is 0 Å². The van der Waals surface area contributed by atoms with Gasteiger partial charge in [0, 0.05) is 13.1 Å². The van der Waals surface area contributed by atoms with E-state index in [0.717, 1.165) is 39.4 Å². The third-order valence-corrected chi connectivity index (χ3v) is 8.21. The molecule has 0 saturated carbocycles. The van der Waals surface area contributed by atoms with Gasteiger partial charge < -0.3 is 24.2 Å². The van der Waals surface area contributed by atoms with Crippen molar-refractivity contribution in [2.75, 3.05) is 32.3 Å². The summed E-state index contributed by atoms with van der Waals surface area (Å²) in [5.41, 5.74) is 4.27. The molecule has 6 nitrogen and oxygen atoms in total. The molecule has 212 valence electrons. The second kappa shape index (κ2) is 12.7. The first kappa shape index (κ1) is 28.5. The van der Waals surface area contributed by atoms with Crippen molar-refractivity contribution in [2.24, 2.45) is 5.92 Å². The van der Waals surface area contributed by atoms with E-state index in [-0.39, 0.29) is 0 Å². The van der Waals surface area contributed by atoms with Gasteiger partial charge in [0.15, 0.2) is 0 Å². The SMILES string of the molecule is COc1ccc(CN(Cc2ccc(OC)cc2)c2cc(C3(C(Cc4ccccc4)C(=O)O)COC3)ccc2Cl)cc1. The molecule has 4 aromatic rings. The van der Waals surface area contributed by atoms with Crippen LogP contribution in [0.4, 0.5) is 5.69 Å². The van der Waals surface area contributed by atoms with Crippen molar-refractivity contribution in [1.82, 2.24) is 0 Å². The number of hydrogen-bond donors (Lipinski definition) is 1. The summed E-state index contributed by atoms with van der Waals surface area (Å²) in [6.07, 6.45) is 0.416. The summed E-state index contributed by atoms with van der Waals surface area (Å²) in [7, 11) is 3.30. The molecule has 1 aliphatic rings. The Balaban J connectivity index is 1.52. The summed E-state index contributed by atoms with van der Waals surface area (Å²) >= 11 is 6.87. The molecular formula is C34H34ClNO5. The Bertz CT molecular complexity index is 1400. The Kier molecular flexibility index (Phi) is 8.81. The number of methoxy groups -OCH3 is 2. The molecule has 0 radical (unpaired) electrons. The zero-order valence-corrected chi connectivity index (χ0v) is 24.0. The van der Waals surface area contributed by atoms with E-state index in [2.05, 4.69) is 11.0 Å². The number of benzene rings is 4. The molecule has 4 aromatic carbocycles. The van der Waals surface area contributed by atoms with Gasteiger partial charge in [0.05, 0.1) is 49.5 Å². The monoisotopic (exact) mass is 571 g/mol. The van der Waals surface area contributed by atoms with Gasteiger partial charge in [0.25, 0.3) is 0 Å². The molecule has 5 rings (SSSR count). The number of rotatable bonds is 12. The Morgan fingerprint density at radius 1 is 0.854 bits per heavy atom. The van der Waals surface area contributed by atoms with Crippen LogP contribution in [0.3, 0.4) is 0 Å². The maximum Gasteiger partial charge on any atom is 0.307 e. The van der Waals surface area contributed by atoms with E-state index in [1.807, 2.05) is 91.0 Å². The van der Waals surface area contributed by atoms with E-state index in [1.165, 1.54) is 0 Å². The van der Waals surface area contributed by atoms with E-state index < -0.39 is 17.3 Å². The first-order valence-corrected chi connectivity index (χ1v) is 13.9. The number of nitrogens with zero attached hydrogens (tertiary/aromatic N) is 1. The number of ether oxygens (including phenoxy) is 3. The minimum Gasteiger partial charge on any atom is -0.497 e. The topological polar surface area (TPSA) is 68.2 Å². The first-order valence-electron chi connectivity index (χ1n) is 13.6. The average molecular weight is 572 g/mol. The molecule has 41 heavy (non-hydrogen) atoms. The molecule has 1 saturated heterocycles. The Morgan fingerprint density at radius 2 is 1.41 bits per heavy atom. The molecule has 1 atom stereocenters. The molecule has 0 spiro atoms. The van der Waals surface area contributed by atoms with Crippen LogP contribution in [0.5, 0.6) is 11.5 Å². The molecule has 0 bridgehead atoms. The number of halogens is 1. The Labute approximate surface area is 246 Å². The Morgan fingerprint density at radius 3 is 1.88 bits per heavy atom. The lowest BCUT2D eigenvalue weighted by molar-refractivity contribution is -0.157. The van der Waals surface area contributed by atoms with E-state index in [4.69, 9.17) is 25.8 Å². The fourth-order valence-corrected chi connectivity index (χ4v) is 5.69. The molecule has 0 amide bonds. The van der Waals surface area contributed by atoms with Crippen molar-refractivity contribution in [1.29, 1.82) is 0 Å². The molecule has 7 heteroatoms. The molecule has 0 aliphatic carbocycles. The molecule has 1 unspecified atom stereocenters. The minimum absolute atomic E-state index is 0.342. The lowest BCUT2D eigenvalue weighted by Crippen LogP contribution is -2.55. The van der Waals surface area contributed by atoms with Crippen LogP contribution in [0, 0.1) is 5.92 Å². The van der Waals surface area contributed by atoms with Crippen molar-refractivity contribution >= 4 is 23.3 Å². The lowest BCUT2D eigenvalue weighted by Gasteiger charge is -2.46. The van der Waals surface area contributed by atoms with Crippen LogP contribution in [0.15, 0.2) is 97.1 Å². The van der Waals surface area contributed by atoms with Gasteiger partial charge in [-0.3, -0.25) is 4.79 Å². The van der Waals surface area contributed by atoms with Crippen LogP contribution in [-0.4, -0.2) is 38.5 Å². The summed E-state index contributed by atoms with van der Waals surface area (Å²) in [6, 6.07) is 31.6. The van der Waals surface area contributed by atoms with E-state index in [1.54, 1.807) is 14.2 Å². The van der Waals surface area contributed by atoms with Crippen molar-refractivity contribution in [3.05, 3.63) is 124 Å². The maximum absolute atomic E-state index is 12.7. The van der Waals surface area contributed by atoms with Gasteiger partial charge in [-0.25, -0.2) is 0 Å². The number of aliphatic carboxylic acids is 1. The van der Waals surface area contributed by atoms with Gasteiger partial charge in [-0.15, -0.1) is 0 Å². The Hall–Kier alpha value is -4.00. The van der Waals surface area contributed by atoms with Crippen LogP contribution < -0.4 is 14.4 Å². The van der Waals surface area contributed by atoms with Crippen LogP contribution in [0.25, 0.3) is 0 Å². The zero-order chi connectivity index (χ0) is 28.8. The van der Waals surface area contributed by atoms with Crippen LogP contribution in [0.1, 0.15) is 22.3 Å². The minimum atomic E-state index is -0.832. The molecule has 0 aromatic heterocycles. The summed E-state index contributed by atoms with van der Waals surface area (Å²) in [4.78, 5) is 14.9. The number of carboxylic acid groups (broad SMARTS) is 1. The highest BCUT2D eigenvalue weighted by Crippen LogP contribution is 2.44. The van der Waals surface area contributed by atoms with Gasteiger partial charge >= 0.3 is 5.97 Å². The van der Waals surface area contributed by atoms with Crippen LogP contribution in [-0.2, 0) is 34.5 Å². The summed E-state index contributed by atoms with van der Waals surface area (Å²) in [6.45, 7) is 1.87. The van der Waals surface area contributed by atoms with Crippen molar-refractivity contribution in [2.45, 2.75) is 24.9 Å². The first-order chi connectivity index (χ1) is 19.9. The summed E-state index contributed by atoms with van der Waals surface area (Å²) < 4.78 is 16.4. The third kappa shape index (κ3) is 6.34. The molecule has 1 heterocycles. The van der Waals surface area contributed by atoms with Gasteiger partial charge in [-0.1, -0.05) is 72.3 Å². The van der Waals surface area contributed by atoms with Crippen LogP contribution in [0.2, 0.25) is 5.02 Å². The van der Waals surface area contributed by atoms with Crippen molar-refractivity contribution in [3.63, 3.8) is 0 Å². The fraction of sp³-hybridized carbons (Fsp3) is 0.265. The standard InChI is InChI=1S/C34H34ClNO5/c1-39-28-13-8-25(9-14-28)20-36(21-26-10-15-29(40-2)16-11-26)32-19-27(12-17-31(32)35)34(22-41-23-34)30(33(37)38)18-24-6-4-3-5-7-24/h3-17,19,30H,18,20-23H2,1-2H3,(H,37,38). The predicted octanol–water partition coefficient (Wildman–Crippen LogP) is 6.78. The number of carboxylic acids is 1. The van der Waals surface area contributed by atoms with E-state index in [0.29, 0.717) is 37.7 Å². The van der Waals surface area contributed by atoms with Crippen molar-refractivity contribution < 1.29 is 24.1 Å². The smallest absolute Gasteiger partial charge is 0.307 e. The largest absolute Gasteiger partial charge is 0.497 e. The fourth-order valence-electron chi connectivity index (χ4n) is 5.45. The highest BCUT2D eigenvalue weighted by atomic mass is 35.5. The normalized spacial score (nSPS) is 14.5. The number of hydrogen-bond acceptors (Lipinski definition) is 5. The average Bonchev–Trinajstić information content (AvgIpc) is 2.97. The highest BCUT2D eigenvalue weighted by Gasteiger charge is 2.50. The number of anilines is 1. The summed E-state index contributed by atoms with van der Waals surface area (Å²) in [5, 5.41) is 11.0. The molecule has 1 aliphatic heterocycles.